The number of benzene rings is 2. The average molecular weight is 1020 g/mol. The minimum Gasteiger partial charge on any atom is -0.394 e. The number of amides is 6. The maximum Gasteiger partial charge on any atom is 0.246 e. The van der Waals surface area contributed by atoms with Crippen LogP contribution in [0.4, 0.5) is 0 Å². The van der Waals surface area contributed by atoms with Gasteiger partial charge in [0.15, 0.2) is 11.6 Å². The fourth-order valence-electron chi connectivity index (χ4n) is 9.33. The van der Waals surface area contributed by atoms with Gasteiger partial charge in [-0.3, -0.25) is 38.4 Å². The molecule has 0 bridgehead atoms. The average Bonchev–Trinajstić information content (AvgIpc) is 3.77. The van der Waals surface area contributed by atoms with E-state index in [9.17, 15) is 43.5 Å². The molecule has 8 N–H and O–H groups in total. The molecule has 73 heavy (non-hydrogen) atoms. The van der Waals surface area contributed by atoms with Crippen molar-refractivity contribution in [3.05, 3.63) is 70.8 Å². The van der Waals surface area contributed by atoms with Gasteiger partial charge in [-0.1, -0.05) is 111 Å². The van der Waals surface area contributed by atoms with E-state index >= 15 is 0 Å². The molecule has 0 radical (unpaired) electrons. The van der Waals surface area contributed by atoms with Crippen LogP contribution in [0.5, 0.6) is 0 Å². The summed E-state index contributed by atoms with van der Waals surface area (Å²) in [6.45, 7) is 18.2. The van der Waals surface area contributed by atoms with Gasteiger partial charge in [-0.25, -0.2) is 0 Å². The van der Waals surface area contributed by atoms with E-state index in [1.165, 1.54) is 18.2 Å². The Morgan fingerprint density at radius 1 is 0.685 bits per heavy atom. The summed E-state index contributed by atoms with van der Waals surface area (Å²) < 4.78 is 0. The Hall–Kier alpha value is -5.52. The number of aryl methyl sites for hydroxylation is 1. The van der Waals surface area contributed by atoms with Crippen molar-refractivity contribution in [1.82, 2.24) is 42.1 Å². The summed E-state index contributed by atoms with van der Waals surface area (Å²) in [5, 5.41) is 30.0. The van der Waals surface area contributed by atoms with E-state index in [1.54, 1.807) is 63.9 Å². The van der Waals surface area contributed by atoms with Crippen LogP contribution in [-0.2, 0) is 41.6 Å². The van der Waals surface area contributed by atoms with Crippen LogP contribution in [-0.4, -0.2) is 133 Å². The molecule has 9 atom stereocenters. The molecular weight excluding hydrogens is 929 g/mol. The van der Waals surface area contributed by atoms with Crippen LogP contribution >= 0.6 is 0 Å². The van der Waals surface area contributed by atoms with Crippen LogP contribution in [0.2, 0.25) is 0 Å². The molecule has 1 unspecified atom stereocenters. The van der Waals surface area contributed by atoms with Gasteiger partial charge in [0.1, 0.15) is 30.2 Å². The Labute approximate surface area is 433 Å². The number of Topliss-reactive ketones (excluding diaryl/α,β-unsaturated/α-hetero) is 2. The number of hydrogen-bond acceptors (Lipinski definition) is 11. The molecule has 6 amide bonds. The van der Waals surface area contributed by atoms with Gasteiger partial charge in [0.2, 0.25) is 35.4 Å². The minimum absolute atomic E-state index is 0.0363. The molecule has 17 nitrogen and oxygen atoms in total. The lowest BCUT2D eigenvalue weighted by Gasteiger charge is -2.36. The molecule has 1 aliphatic carbocycles. The van der Waals surface area contributed by atoms with E-state index in [-0.39, 0.29) is 91.3 Å². The summed E-state index contributed by atoms with van der Waals surface area (Å²) in [5.41, 5.74) is 1.74. The molecule has 2 aliphatic rings. The second-order valence-electron chi connectivity index (χ2n) is 22.8. The van der Waals surface area contributed by atoms with Crippen molar-refractivity contribution in [2.75, 3.05) is 27.2 Å². The first kappa shape index (κ1) is 60.0. The third kappa shape index (κ3) is 17.3. The summed E-state index contributed by atoms with van der Waals surface area (Å²) >= 11 is 0. The summed E-state index contributed by atoms with van der Waals surface area (Å²) in [6.07, 6.45) is 4.56. The summed E-state index contributed by atoms with van der Waals surface area (Å²) in [4.78, 5) is 111. The van der Waals surface area contributed by atoms with E-state index in [0.29, 0.717) is 36.8 Å². The summed E-state index contributed by atoms with van der Waals surface area (Å²) in [6, 6.07) is 9.29. The van der Waals surface area contributed by atoms with E-state index in [0.717, 1.165) is 12.8 Å². The monoisotopic (exact) mass is 1010 g/mol. The van der Waals surface area contributed by atoms with Crippen molar-refractivity contribution in [2.45, 2.75) is 182 Å². The summed E-state index contributed by atoms with van der Waals surface area (Å²) in [7, 11) is 3.19. The normalized spacial score (nSPS) is 19.3. The Balaban J connectivity index is 1.42. The maximum atomic E-state index is 14.6. The van der Waals surface area contributed by atoms with Gasteiger partial charge >= 0.3 is 0 Å². The quantitative estimate of drug-likeness (QED) is 0.0518. The molecule has 1 saturated heterocycles. The Morgan fingerprint density at radius 2 is 1.30 bits per heavy atom. The molecule has 1 aliphatic heterocycles. The zero-order valence-electron chi connectivity index (χ0n) is 45.5. The third-order valence-corrected chi connectivity index (χ3v) is 14.5. The molecule has 1 fully saturated rings. The van der Waals surface area contributed by atoms with Crippen molar-refractivity contribution in [1.29, 1.82) is 0 Å². The first-order valence-corrected chi connectivity index (χ1v) is 26.3. The molecule has 2 aromatic carbocycles. The standard InChI is InChI=1S/C56H86N8O9/c1-33(2)34(3)59-50(69)42(61-53(72)47(55(5,6)7)62-51(70)43(32-65)58-12)23-14-13-15-24-45(66)39-21-18-22-40(29-39)46(67)28-36-27-44(52(71)60-41-26-25-37-19-16-17-20-38(37)30-41)64(31-36)54(73)48(56(8,9)10)63-49(68)35(4)57-11/h16-22,29,33-36,41-44,47-48,57-58,65H,13-15,23-28,30-32H2,1-12H3,(H,59,69)(H,60,71)(H,61,72)(H,62,70)(H,63,68)/t34-,35-,36+,41+,42-,43-,44?,47+,48+/m0/s1. The van der Waals surface area contributed by atoms with Crippen LogP contribution in [0.15, 0.2) is 48.5 Å². The molecule has 17 heteroatoms. The number of hydrogen-bond donors (Lipinski definition) is 8. The van der Waals surface area contributed by atoms with Gasteiger partial charge in [-0.2, -0.15) is 0 Å². The van der Waals surface area contributed by atoms with E-state index in [1.807, 2.05) is 53.7 Å². The molecular formula is C56H86N8O9. The molecule has 4 rings (SSSR count). The van der Waals surface area contributed by atoms with Crippen molar-refractivity contribution < 1.29 is 43.5 Å². The highest BCUT2D eigenvalue weighted by Gasteiger charge is 2.46. The third-order valence-electron chi connectivity index (χ3n) is 14.5. The number of carbonyl (C=O) groups excluding carboxylic acids is 8. The highest BCUT2D eigenvalue weighted by Crippen LogP contribution is 2.32. The topological polar surface area (TPSA) is 244 Å². The Bertz CT molecular complexity index is 2250. The van der Waals surface area contributed by atoms with Crippen molar-refractivity contribution >= 4 is 47.0 Å². The van der Waals surface area contributed by atoms with Crippen LogP contribution in [0, 0.1) is 22.7 Å². The van der Waals surface area contributed by atoms with E-state index in [2.05, 4.69) is 49.4 Å². The Morgan fingerprint density at radius 3 is 1.90 bits per heavy atom. The zero-order chi connectivity index (χ0) is 54.4. The lowest BCUT2D eigenvalue weighted by Crippen LogP contribution is -2.60. The van der Waals surface area contributed by atoms with Gasteiger partial charge in [0.25, 0.3) is 0 Å². The van der Waals surface area contributed by atoms with Crippen LogP contribution < -0.4 is 37.2 Å². The summed E-state index contributed by atoms with van der Waals surface area (Å²) in [5.74, 6) is -3.06. The number of likely N-dealkylation sites (N-methyl/N-ethyl adjacent to an activating group) is 2. The largest absolute Gasteiger partial charge is 0.394 e. The molecule has 0 spiro atoms. The Kier molecular flexibility index (Phi) is 22.3. The number of unbranched alkanes of at least 4 members (excludes halogenated alkanes) is 2. The number of aliphatic hydroxyl groups is 1. The zero-order valence-corrected chi connectivity index (χ0v) is 45.5. The highest BCUT2D eigenvalue weighted by molar-refractivity contribution is 6.02. The van der Waals surface area contributed by atoms with E-state index < -0.39 is 65.5 Å². The van der Waals surface area contributed by atoms with Gasteiger partial charge in [0.05, 0.1) is 12.6 Å². The number of likely N-dealkylation sites (tertiary alicyclic amines) is 1. The van der Waals surface area contributed by atoms with Crippen molar-refractivity contribution in [2.24, 2.45) is 22.7 Å². The highest BCUT2D eigenvalue weighted by atomic mass is 16.3. The van der Waals surface area contributed by atoms with Gasteiger partial charge in [-0.05, 0) is 106 Å². The predicted octanol–water partition coefficient (Wildman–Crippen LogP) is 4.18. The second kappa shape index (κ2) is 27.1. The van der Waals surface area contributed by atoms with E-state index in [4.69, 9.17) is 0 Å². The smallest absolute Gasteiger partial charge is 0.246 e. The first-order chi connectivity index (χ1) is 34.3. The number of rotatable bonds is 25. The molecule has 0 aromatic heterocycles. The van der Waals surface area contributed by atoms with Gasteiger partial charge in [0, 0.05) is 42.6 Å². The number of fused-ring (bicyclic) bond motifs is 1. The molecule has 0 saturated carbocycles. The maximum absolute atomic E-state index is 14.6. The van der Waals surface area contributed by atoms with Crippen LogP contribution in [0.3, 0.4) is 0 Å². The van der Waals surface area contributed by atoms with Crippen molar-refractivity contribution in [3.8, 4) is 0 Å². The minimum atomic E-state index is -1.01. The first-order valence-electron chi connectivity index (χ1n) is 26.3. The second-order valence-corrected chi connectivity index (χ2v) is 22.8. The van der Waals surface area contributed by atoms with Crippen LogP contribution in [0.1, 0.15) is 152 Å². The fourth-order valence-corrected chi connectivity index (χ4v) is 9.33. The molecule has 2 aromatic rings. The number of aliphatic hydroxyl groups excluding tert-OH is 1. The fraction of sp³-hybridized carbons (Fsp3) is 0.643. The molecule has 1 heterocycles. The molecule has 404 valence electrons. The number of nitrogens with one attached hydrogen (secondary N) is 7. The van der Waals surface area contributed by atoms with Gasteiger partial charge in [-0.15, -0.1) is 0 Å². The van der Waals surface area contributed by atoms with Crippen LogP contribution in [0.25, 0.3) is 0 Å². The van der Waals surface area contributed by atoms with Gasteiger partial charge < -0.3 is 47.2 Å². The number of ketones is 2. The number of carbonyl (C=O) groups is 8. The lowest BCUT2D eigenvalue weighted by molar-refractivity contribution is -0.144. The number of nitrogens with zero attached hydrogens (tertiary/aromatic N) is 1. The van der Waals surface area contributed by atoms with Crippen molar-refractivity contribution in [3.63, 3.8) is 0 Å². The predicted molar refractivity (Wildman–Crippen MR) is 282 cm³/mol. The lowest BCUT2D eigenvalue weighted by atomic mass is 9.85. The SMILES string of the molecule is CN[C@@H](C)C(=O)N[C@H](C(=O)N1C[C@@H](CC(=O)c2cccc(C(=O)CCCCC[C@H](NC(=O)[C@@H](NC(=O)[C@H](CO)NC)C(C)(C)C)C(=O)N[C@@H](C)C(C)C)c2)CC1C(=O)N[C@@H]1CCc2ccccc2C1)C(C)(C)C.